The monoisotopic (exact) mass is 202 g/mol. The van der Waals surface area contributed by atoms with Gasteiger partial charge in [0, 0.05) is 0 Å². The standard InChI is InChI=1S/C12H14N2O/c15-9-14-11(12-8-13-12)7-6-10-4-2-1-3-5-10/h1-5,9,11H,6-8H2,(H,14,15)/t11-/m0/s1. The van der Waals surface area contributed by atoms with Gasteiger partial charge in [0.25, 0.3) is 0 Å². The zero-order valence-electron chi connectivity index (χ0n) is 8.52. The second-order valence-electron chi connectivity index (χ2n) is 3.67. The highest BCUT2D eigenvalue weighted by molar-refractivity contribution is 6.01. The first-order valence-corrected chi connectivity index (χ1v) is 5.17. The molecule has 0 aromatic heterocycles. The maximum absolute atomic E-state index is 10.4. The van der Waals surface area contributed by atoms with Gasteiger partial charge < -0.3 is 5.32 Å². The van der Waals surface area contributed by atoms with E-state index in [9.17, 15) is 4.79 Å². The summed E-state index contributed by atoms with van der Waals surface area (Å²) in [5, 5.41) is 2.80. The highest BCUT2D eigenvalue weighted by Gasteiger charge is 2.21. The molecule has 0 bridgehead atoms. The smallest absolute Gasteiger partial charge is 0.207 e. The van der Waals surface area contributed by atoms with E-state index in [4.69, 9.17) is 0 Å². The number of carbonyl (C=O) groups excluding carboxylic acids is 1. The van der Waals surface area contributed by atoms with Crippen LogP contribution in [0.4, 0.5) is 0 Å². The van der Waals surface area contributed by atoms with Crippen molar-refractivity contribution < 1.29 is 4.79 Å². The fourth-order valence-electron chi connectivity index (χ4n) is 1.65. The second-order valence-corrected chi connectivity index (χ2v) is 3.67. The van der Waals surface area contributed by atoms with Crippen molar-refractivity contribution in [1.82, 2.24) is 5.32 Å². The predicted octanol–water partition coefficient (Wildman–Crippen LogP) is 1.19. The van der Waals surface area contributed by atoms with Gasteiger partial charge in [-0.15, -0.1) is 0 Å². The molecule has 1 amide bonds. The molecule has 1 aromatic carbocycles. The lowest BCUT2D eigenvalue weighted by Gasteiger charge is -2.10. The molecule has 1 heterocycles. The SMILES string of the molecule is O=CN[C@@H](CCc1ccccc1)C1=NC1. The minimum Gasteiger partial charge on any atom is -0.351 e. The van der Waals surface area contributed by atoms with Gasteiger partial charge in [0.1, 0.15) is 0 Å². The van der Waals surface area contributed by atoms with Gasteiger partial charge in [-0.05, 0) is 18.4 Å². The average molecular weight is 202 g/mol. The van der Waals surface area contributed by atoms with Gasteiger partial charge in [-0.2, -0.15) is 0 Å². The first-order valence-electron chi connectivity index (χ1n) is 5.17. The minimum atomic E-state index is 0.141. The van der Waals surface area contributed by atoms with Crippen LogP contribution in [-0.2, 0) is 11.2 Å². The Kier molecular flexibility index (Phi) is 3.12. The van der Waals surface area contributed by atoms with Crippen LogP contribution in [0.1, 0.15) is 12.0 Å². The van der Waals surface area contributed by atoms with Gasteiger partial charge in [-0.1, -0.05) is 30.3 Å². The summed E-state index contributed by atoms with van der Waals surface area (Å²) in [5.41, 5.74) is 2.43. The van der Waals surface area contributed by atoms with Crippen LogP contribution in [0.2, 0.25) is 0 Å². The Morgan fingerprint density at radius 3 is 2.73 bits per heavy atom. The van der Waals surface area contributed by atoms with Gasteiger partial charge >= 0.3 is 0 Å². The van der Waals surface area contributed by atoms with E-state index >= 15 is 0 Å². The molecule has 1 aliphatic rings. The number of benzene rings is 1. The number of carbonyl (C=O) groups is 1. The molecule has 2 rings (SSSR count). The van der Waals surface area contributed by atoms with Crippen molar-refractivity contribution in [2.45, 2.75) is 18.9 Å². The normalized spacial score (nSPS) is 15.3. The molecule has 0 aliphatic carbocycles. The van der Waals surface area contributed by atoms with Crippen LogP contribution < -0.4 is 5.32 Å². The molecule has 0 spiro atoms. The molecule has 15 heavy (non-hydrogen) atoms. The maximum Gasteiger partial charge on any atom is 0.207 e. The number of amides is 1. The zero-order valence-corrected chi connectivity index (χ0v) is 8.52. The number of hydrogen-bond donors (Lipinski definition) is 1. The van der Waals surface area contributed by atoms with Gasteiger partial charge in [0.2, 0.25) is 6.41 Å². The maximum atomic E-state index is 10.4. The molecule has 0 radical (unpaired) electrons. The van der Waals surface area contributed by atoms with Gasteiger partial charge in [-0.3, -0.25) is 9.79 Å². The lowest BCUT2D eigenvalue weighted by Crippen LogP contribution is -2.32. The van der Waals surface area contributed by atoms with E-state index < -0.39 is 0 Å². The third-order valence-corrected chi connectivity index (χ3v) is 2.58. The summed E-state index contributed by atoms with van der Waals surface area (Å²) < 4.78 is 0. The predicted molar refractivity (Wildman–Crippen MR) is 60.1 cm³/mol. The van der Waals surface area contributed by atoms with E-state index in [0.29, 0.717) is 0 Å². The van der Waals surface area contributed by atoms with Crippen molar-refractivity contribution >= 4 is 12.1 Å². The first-order chi connectivity index (χ1) is 7.40. The lowest BCUT2D eigenvalue weighted by molar-refractivity contribution is -0.109. The minimum absolute atomic E-state index is 0.141. The summed E-state index contributed by atoms with van der Waals surface area (Å²) in [7, 11) is 0. The van der Waals surface area contributed by atoms with Crippen LogP contribution in [0.3, 0.4) is 0 Å². The van der Waals surface area contributed by atoms with Gasteiger partial charge in [0.05, 0.1) is 18.3 Å². The fourth-order valence-corrected chi connectivity index (χ4v) is 1.65. The highest BCUT2D eigenvalue weighted by atomic mass is 16.1. The zero-order chi connectivity index (χ0) is 10.5. The van der Waals surface area contributed by atoms with Crippen LogP contribution in [-0.4, -0.2) is 24.7 Å². The molecule has 1 N–H and O–H groups in total. The van der Waals surface area contributed by atoms with Gasteiger partial charge in [-0.25, -0.2) is 0 Å². The number of hydrogen-bond acceptors (Lipinski definition) is 2. The molecule has 1 atom stereocenters. The summed E-state index contributed by atoms with van der Waals surface area (Å²) in [6.45, 7) is 0.820. The summed E-state index contributed by atoms with van der Waals surface area (Å²) in [6.07, 6.45) is 2.67. The topological polar surface area (TPSA) is 41.5 Å². The van der Waals surface area contributed by atoms with Crippen LogP contribution in [0.25, 0.3) is 0 Å². The number of nitrogens with zero attached hydrogens (tertiary/aromatic N) is 1. The van der Waals surface area contributed by atoms with Crippen LogP contribution >= 0.6 is 0 Å². The molecule has 1 aliphatic heterocycles. The Labute approximate surface area is 89.2 Å². The third-order valence-electron chi connectivity index (χ3n) is 2.58. The Bertz CT molecular complexity index is 359. The van der Waals surface area contributed by atoms with Crippen molar-refractivity contribution in [3.63, 3.8) is 0 Å². The lowest BCUT2D eigenvalue weighted by atomic mass is 10.0. The number of rotatable bonds is 6. The van der Waals surface area contributed by atoms with E-state index in [1.807, 2.05) is 18.2 Å². The highest BCUT2D eigenvalue weighted by Crippen LogP contribution is 2.10. The summed E-state index contributed by atoms with van der Waals surface area (Å²) in [4.78, 5) is 14.5. The van der Waals surface area contributed by atoms with Crippen LogP contribution in [0.15, 0.2) is 35.3 Å². The molecule has 0 saturated heterocycles. The number of aliphatic imine (C=N–C) groups is 1. The Balaban J connectivity index is 1.85. The molecule has 1 aromatic rings. The summed E-state index contributed by atoms with van der Waals surface area (Å²) >= 11 is 0. The van der Waals surface area contributed by atoms with Crippen molar-refractivity contribution in [3.8, 4) is 0 Å². The summed E-state index contributed by atoms with van der Waals surface area (Å²) in [5.74, 6) is 0. The Morgan fingerprint density at radius 2 is 2.13 bits per heavy atom. The van der Waals surface area contributed by atoms with Crippen molar-refractivity contribution in [2.24, 2.45) is 4.99 Å². The molecule has 0 fully saturated rings. The van der Waals surface area contributed by atoms with E-state index in [0.717, 1.165) is 31.5 Å². The molecule has 3 heteroatoms. The van der Waals surface area contributed by atoms with E-state index in [1.165, 1.54) is 5.56 Å². The summed E-state index contributed by atoms with van der Waals surface area (Å²) in [6, 6.07) is 10.4. The third kappa shape index (κ3) is 2.91. The molecule has 0 unspecified atom stereocenters. The molecule has 3 nitrogen and oxygen atoms in total. The quantitative estimate of drug-likeness (QED) is 0.692. The van der Waals surface area contributed by atoms with Crippen LogP contribution in [0.5, 0.6) is 0 Å². The number of aryl methyl sites for hydroxylation is 1. The largest absolute Gasteiger partial charge is 0.351 e. The molecule has 0 saturated carbocycles. The second kappa shape index (κ2) is 4.73. The van der Waals surface area contributed by atoms with Crippen molar-refractivity contribution in [3.05, 3.63) is 35.9 Å². The Hall–Kier alpha value is -1.64. The first kappa shape index (κ1) is 9.90. The van der Waals surface area contributed by atoms with Crippen LogP contribution in [0, 0.1) is 0 Å². The van der Waals surface area contributed by atoms with Crippen molar-refractivity contribution in [1.29, 1.82) is 0 Å². The van der Waals surface area contributed by atoms with Gasteiger partial charge in [0.15, 0.2) is 0 Å². The number of nitrogens with one attached hydrogen (secondary N) is 1. The van der Waals surface area contributed by atoms with E-state index in [1.54, 1.807) is 0 Å². The Morgan fingerprint density at radius 1 is 1.40 bits per heavy atom. The molecule has 78 valence electrons. The van der Waals surface area contributed by atoms with E-state index in [-0.39, 0.29) is 6.04 Å². The van der Waals surface area contributed by atoms with E-state index in [2.05, 4.69) is 22.4 Å². The van der Waals surface area contributed by atoms with Crippen molar-refractivity contribution in [2.75, 3.05) is 6.54 Å². The fraction of sp³-hybridized carbons (Fsp3) is 0.333. The average Bonchev–Trinajstić information content (AvgIpc) is 3.09. The molecular weight excluding hydrogens is 188 g/mol. The molecular formula is C12H14N2O.